The Balaban J connectivity index is 1.77. The minimum absolute atomic E-state index is 0.301. The van der Waals surface area contributed by atoms with Gasteiger partial charge in [-0.3, -0.25) is 4.79 Å². The molecule has 2 nitrogen and oxygen atoms in total. The minimum atomic E-state index is 0.301. The lowest BCUT2D eigenvalue weighted by Gasteiger charge is -2.01. The average Bonchev–Trinajstić information content (AvgIpc) is 2.74. The molecule has 2 fully saturated rings. The second kappa shape index (κ2) is 3.86. The van der Waals surface area contributed by atoms with Crippen LogP contribution < -0.4 is 0 Å². The highest BCUT2D eigenvalue weighted by atomic mass is 35.5. The van der Waals surface area contributed by atoms with Crippen molar-refractivity contribution in [3.63, 3.8) is 0 Å². The van der Waals surface area contributed by atoms with Gasteiger partial charge in [-0.15, -0.1) is 0 Å². The highest BCUT2D eigenvalue weighted by molar-refractivity contribution is 6.31. The molecule has 0 N–H and O–H groups in total. The molecule has 0 amide bonds. The first-order chi connectivity index (χ1) is 9.16. The van der Waals surface area contributed by atoms with Crippen LogP contribution in [0.15, 0.2) is 24.4 Å². The van der Waals surface area contributed by atoms with Crippen LogP contribution in [0.3, 0.4) is 0 Å². The van der Waals surface area contributed by atoms with Crippen LogP contribution >= 0.6 is 11.6 Å². The van der Waals surface area contributed by atoms with Crippen LogP contribution in [0.1, 0.15) is 29.6 Å². The van der Waals surface area contributed by atoms with E-state index in [1.165, 1.54) is 19.3 Å². The molecule has 1 heterocycles. The Hall–Kier alpha value is -1.28. The maximum absolute atomic E-state index is 12.7. The third kappa shape index (κ3) is 1.59. The van der Waals surface area contributed by atoms with Gasteiger partial charge in [-0.1, -0.05) is 24.1 Å². The molecule has 19 heavy (non-hydrogen) atoms. The van der Waals surface area contributed by atoms with Crippen molar-refractivity contribution in [2.75, 3.05) is 0 Å². The maximum atomic E-state index is 12.7. The van der Waals surface area contributed by atoms with Gasteiger partial charge < -0.3 is 4.57 Å². The first kappa shape index (κ1) is 11.5. The van der Waals surface area contributed by atoms with Crippen molar-refractivity contribution in [3.8, 4) is 0 Å². The molecule has 0 radical (unpaired) electrons. The van der Waals surface area contributed by atoms with Crippen LogP contribution in [0.4, 0.5) is 0 Å². The maximum Gasteiger partial charge on any atom is 0.168 e. The number of hydrogen-bond donors (Lipinski definition) is 0. The van der Waals surface area contributed by atoms with Crippen LogP contribution in [-0.4, -0.2) is 10.4 Å². The fraction of sp³-hybridized carbons (Fsp3) is 0.438. The Morgan fingerprint density at radius 2 is 2.05 bits per heavy atom. The highest BCUT2D eigenvalue weighted by Gasteiger charge is 2.56. The van der Waals surface area contributed by atoms with E-state index in [1.54, 1.807) is 0 Å². The summed E-state index contributed by atoms with van der Waals surface area (Å²) in [5.41, 5.74) is 1.93. The molecule has 1 aromatic heterocycles. The molecule has 2 aromatic rings. The van der Waals surface area contributed by atoms with Gasteiger partial charge in [-0.2, -0.15) is 0 Å². The van der Waals surface area contributed by atoms with Crippen molar-refractivity contribution >= 4 is 28.3 Å². The number of aromatic nitrogens is 1. The van der Waals surface area contributed by atoms with Crippen LogP contribution in [-0.2, 0) is 7.05 Å². The van der Waals surface area contributed by atoms with Crippen molar-refractivity contribution in [1.29, 1.82) is 0 Å². The summed E-state index contributed by atoms with van der Waals surface area (Å²) in [4.78, 5) is 12.7. The van der Waals surface area contributed by atoms with Gasteiger partial charge in [0.15, 0.2) is 5.78 Å². The summed E-state index contributed by atoms with van der Waals surface area (Å²) in [5, 5.41) is 1.76. The fourth-order valence-corrected chi connectivity index (χ4v) is 4.11. The van der Waals surface area contributed by atoms with E-state index in [1.807, 2.05) is 36.0 Å². The first-order valence-electron chi connectivity index (χ1n) is 6.95. The number of benzene rings is 1. The van der Waals surface area contributed by atoms with Gasteiger partial charge in [0.1, 0.15) is 0 Å². The Morgan fingerprint density at radius 1 is 1.32 bits per heavy atom. The third-order valence-corrected chi connectivity index (χ3v) is 5.16. The number of nitrogens with zero attached hydrogens (tertiary/aromatic N) is 1. The van der Waals surface area contributed by atoms with Crippen molar-refractivity contribution in [2.24, 2.45) is 24.8 Å². The van der Waals surface area contributed by atoms with Crippen LogP contribution in [0.25, 0.3) is 10.9 Å². The second-order valence-corrected chi connectivity index (χ2v) is 6.40. The minimum Gasteiger partial charge on any atom is -0.350 e. The molecule has 0 spiro atoms. The number of Topliss-reactive ketones (excluding diaryl/α,β-unsaturated/α-hetero) is 1. The summed E-state index contributed by atoms with van der Waals surface area (Å²) in [6.07, 6.45) is 5.77. The summed E-state index contributed by atoms with van der Waals surface area (Å²) in [5.74, 6) is 2.00. The van der Waals surface area contributed by atoms with Gasteiger partial charge >= 0.3 is 0 Å². The van der Waals surface area contributed by atoms with Gasteiger partial charge in [-0.25, -0.2) is 0 Å². The predicted octanol–water partition coefficient (Wildman–Crippen LogP) is 4.06. The molecule has 98 valence electrons. The molecular formula is C16H16ClNO. The number of hydrogen-bond acceptors (Lipinski definition) is 1. The van der Waals surface area contributed by atoms with Gasteiger partial charge in [0.05, 0.1) is 0 Å². The van der Waals surface area contributed by atoms with Crippen LogP contribution in [0.5, 0.6) is 0 Å². The molecule has 2 aliphatic carbocycles. The predicted molar refractivity (Wildman–Crippen MR) is 76.6 cm³/mol. The number of aryl methyl sites for hydroxylation is 1. The number of halogens is 1. The Bertz CT molecular complexity index is 677. The van der Waals surface area contributed by atoms with Gasteiger partial charge in [-0.05, 0) is 36.8 Å². The molecule has 0 saturated heterocycles. The van der Waals surface area contributed by atoms with Gasteiger partial charge in [0, 0.05) is 40.7 Å². The van der Waals surface area contributed by atoms with Crippen molar-refractivity contribution in [2.45, 2.75) is 19.3 Å². The molecule has 0 aliphatic heterocycles. The molecule has 0 bridgehead atoms. The van der Waals surface area contributed by atoms with Crippen molar-refractivity contribution in [3.05, 3.63) is 35.0 Å². The van der Waals surface area contributed by atoms with E-state index in [4.69, 9.17) is 11.6 Å². The second-order valence-electron chi connectivity index (χ2n) is 5.96. The average molecular weight is 274 g/mol. The molecular weight excluding hydrogens is 258 g/mol. The Kier molecular flexibility index (Phi) is 2.34. The summed E-state index contributed by atoms with van der Waals surface area (Å²) >= 11 is 6.03. The van der Waals surface area contributed by atoms with E-state index in [2.05, 4.69) is 0 Å². The number of rotatable bonds is 2. The van der Waals surface area contributed by atoms with Crippen molar-refractivity contribution in [1.82, 2.24) is 4.57 Å². The normalized spacial score (nSPS) is 28.6. The monoisotopic (exact) mass is 273 g/mol. The number of carbonyl (C=O) groups excluding carboxylic acids is 1. The lowest BCUT2D eigenvalue weighted by molar-refractivity contribution is 0.0953. The number of fused-ring (bicyclic) bond motifs is 2. The zero-order valence-electron chi connectivity index (χ0n) is 10.9. The molecule has 2 atom stereocenters. The van der Waals surface area contributed by atoms with E-state index in [0.717, 1.165) is 21.5 Å². The topological polar surface area (TPSA) is 22.0 Å². The molecule has 2 unspecified atom stereocenters. The Labute approximate surface area is 117 Å². The van der Waals surface area contributed by atoms with E-state index < -0.39 is 0 Å². The number of carbonyl (C=O) groups is 1. The molecule has 1 aromatic carbocycles. The van der Waals surface area contributed by atoms with Crippen LogP contribution in [0, 0.1) is 17.8 Å². The fourth-order valence-electron chi connectivity index (χ4n) is 3.94. The summed E-state index contributed by atoms with van der Waals surface area (Å²) in [7, 11) is 1.98. The largest absolute Gasteiger partial charge is 0.350 e. The third-order valence-electron chi connectivity index (χ3n) is 4.93. The number of ketones is 1. The van der Waals surface area contributed by atoms with Crippen molar-refractivity contribution < 1.29 is 4.79 Å². The lowest BCUT2D eigenvalue weighted by Crippen LogP contribution is -2.05. The lowest BCUT2D eigenvalue weighted by atomic mass is 10.0. The van der Waals surface area contributed by atoms with Crippen LogP contribution in [0.2, 0.25) is 5.02 Å². The SMILES string of the molecule is Cn1cc(C(=O)C2C3CCCC32)c2ccc(Cl)cc21. The quantitative estimate of drug-likeness (QED) is 0.757. The van der Waals surface area contributed by atoms with E-state index in [0.29, 0.717) is 23.5 Å². The Morgan fingerprint density at radius 3 is 2.79 bits per heavy atom. The van der Waals surface area contributed by atoms with E-state index >= 15 is 0 Å². The van der Waals surface area contributed by atoms with Gasteiger partial charge in [0.25, 0.3) is 0 Å². The molecule has 4 rings (SSSR count). The standard InChI is InChI=1S/C16H16ClNO/c1-18-8-13(10-6-5-9(17)7-14(10)18)16(19)15-11-3-2-4-12(11)15/h5-8,11-12,15H,2-4H2,1H3. The summed E-state index contributed by atoms with van der Waals surface area (Å²) < 4.78 is 2.01. The summed E-state index contributed by atoms with van der Waals surface area (Å²) in [6, 6.07) is 5.78. The van der Waals surface area contributed by atoms with E-state index in [9.17, 15) is 4.79 Å². The highest BCUT2D eigenvalue weighted by Crippen LogP contribution is 2.58. The van der Waals surface area contributed by atoms with Gasteiger partial charge in [0.2, 0.25) is 0 Å². The molecule has 2 aliphatic rings. The molecule has 2 saturated carbocycles. The molecule has 3 heteroatoms. The van der Waals surface area contributed by atoms with E-state index in [-0.39, 0.29) is 0 Å². The zero-order chi connectivity index (χ0) is 13.1. The summed E-state index contributed by atoms with van der Waals surface area (Å²) in [6.45, 7) is 0. The zero-order valence-corrected chi connectivity index (χ0v) is 11.7. The first-order valence-corrected chi connectivity index (χ1v) is 7.33. The smallest absolute Gasteiger partial charge is 0.168 e.